The van der Waals surface area contributed by atoms with Crippen LogP contribution in [0.15, 0.2) is 10.7 Å². The van der Waals surface area contributed by atoms with Crippen LogP contribution >= 0.6 is 0 Å². The van der Waals surface area contributed by atoms with Gasteiger partial charge in [-0.2, -0.15) is 4.98 Å². The van der Waals surface area contributed by atoms with Crippen molar-refractivity contribution in [1.82, 2.24) is 4.98 Å². The van der Waals surface area contributed by atoms with Crippen molar-refractivity contribution in [1.29, 1.82) is 0 Å². The summed E-state index contributed by atoms with van der Waals surface area (Å²) in [6, 6.07) is 0.701. The summed E-state index contributed by atoms with van der Waals surface area (Å²) in [5.74, 6) is 0. The van der Waals surface area contributed by atoms with Crippen molar-refractivity contribution in [2.45, 2.75) is 19.4 Å². The molecule has 0 amide bonds. The minimum Gasteiger partial charge on any atom is -0.432 e. The molecule has 13 heavy (non-hydrogen) atoms. The molecule has 0 spiro atoms. The van der Waals surface area contributed by atoms with Gasteiger partial charge in [-0.3, -0.25) is 0 Å². The first-order valence-electron chi connectivity index (χ1n) is 4.35. The summed E-state index contributed by atoms with van der Waals surface area (Å²) in [5.41, 5.74) is 0.892. The lowest BCUT2D eigenvalue weighted by Gasteiger charge is -2.45. The molecule has 1 aromatic heterocycles. The quantitative estimate of drug-likeness (QED) is 0.689. The van der Waals surface area contributed by atoms with E-state index in [0.29, 0.717) is 6.01 Å². The standard InChI is InChI=1S/C9H14N2O2/c1-7-4-13-8(10-7)11-5-9(2,6-11)12-3/h4H,5-6H2,1-3H3. The molecule has 1 saturated heterocycles. The van der Waals surface area contributed by atoms with E-state index in [4.69, 9.17) is 9.15 Å². The molecule has 0 atom stereocenters. The summed E-state index contributed by atoms with van der Waals surface area (Å²) in [6.45, 7) is 5.70. The van der Waals surface area contributed by atoms with Crippen LogP contribution in [0.3, 0.4) is 0 Å². The van der Waals surface area contributed by atoms with Crippen LogP contribution in [0.5, 0.6) is 0 Å². The number of hydrogen-bond donors (Lipinski definition) is 0. The number of oxazole rings is 1. The third-order valence-electron chi connectivity index (χ3n) is 2.42. The topological polar surface area (TPSA) is 38.5 Å². The second-order valence-electron chi connectivity index (χ2n) is 3.78. The molecule has 0 aromatic carbocycles. The predicted molar refractivity (Wildman–Crippen MR) is 48.9 cm³/mol. The molecule has 4 heteroatoms. The Balaban J connectivity index is 2.01. The van der Waals surface area contributed by atoms with Gasteiger partial charge in [0.2, 0.25) is 0 Å². The van der Waals surface area contributed by atoms with Gasteiger partial charge in [0.15, 0.2) is 0 Å². The molecule has 2 rings (SSSR count). The van der Waals surface area contributed by atoms with Crippen LogP contribution in [0.25, 0.3) is 0 Å². The van der Waals surface area contributed by atoms with Gasteiger partial charge >= 0.3 is 0 Å². The molecule has 0 unspecified atom stereocenters. The second kappa shape index (κ2) is 2.73. The summed E-state index contributed by atoms with van der Waals surface area (Å²) in [6.07, 6.45) is 1.66. The average Bonchev–Trinajstić information content (AvgIpc) is 2.46. The van der Waals surface area contributed by atoms with Gasteiger partial charge in [0.05, 0.1) is 18.8 Å². The monoisotopic (exact) mass is 182 g/mol. The maximum absolute atomic E-state index is 5.32. The van der Waals surface area contributed by atoms with Gasteiger partial charge in [0.1, 0.15) is 11.9 Å². The highest BCUT2D eigenvalue weighted by Crippen LogP contribution is 2.28. The summed E-state index contributed by atoms with van der Waals surface area (Å²) in [4.78, 5) is 6.30. The lowest BCUT2D eigenvalue weighted by molar-refractivity contribution is -0.0190. The fourth-order valence-corrected chi connectivity index (χ4v) is 1.51. The molecule has 72 valence electrons. The van der Waals surface area contributed by atoms with Crippen molar-refractivity contribution in [3.8, 4) is 0 Å². The van der Waals surface area contributed by atoms with Gasteiger partial charge in [-0.25, -0.2) is 0 Å². The number of hydrogen-bond acceptors (Lipinski definition) is 4. The molecule has 1 aliphatic heterocycles. The van der Waals surface area contributed by atoms with Gasteiger partial charge < -0.3 is 14.1 Å². The maximum Gasteiger partial charge on any atom is 0.297 e. The fourth-order valence-electron chi connectivity index (χ4n) is 1.51. The molecule has 0 saturated carbocycles. The van der Waals surface area contributed by atoms with Gasteiger partial charge in [0.25, 0.3) is 6.01 Å². The van der Waals surface area contributed by atoms with Crippen LogP contribution < -0.4 is 4.90 Å². The van der Waals surface area contributed by atoms with E-state index < -0.39 is 0 Å². The van der Waals surface area contributed by atoms with Crippen molar-refractivity contribution in [3.63, 3.8) is 0 Å². The van der Waals surface area contributed by atoms with Gasteiger partial charge in [-0.15, -0.1) is 0 Å². The first kappa shape index (κ1) is 8.56. The molecule has 0 bridgehead atoms. The van der Waals surface area contributed by atoms with E-state index in [9.17, 15) is 0 Å². The number of nitrogens with zero attached hydrogens (tertiary/aromatic N) is 2. The molecule has 0 radical (unpaired) electrons. The zero-order chi connectivity index (χ0) is 9.47. The van der Waals surface area contributed by atoms with Crippen molar-refractivity contribution in [3.05, 3.63) is 12.0 Å². The van der Waals surface area contributed by atoms with Gasteiger partial charge in [0, 0.05) is 7.11 Å². The third-order valence-corrected chi connectivity index (χ3v) is 2.42. The minimum atomic E-state index is -0.0254. The number of aromatic nitrogens is 1. The molecule has 4 nitrogen and oxygen atoms in total. The molecule has 0 N–H and O–H groups in total. The Hall–Kier alpha value is -1.03. The number of rotatable bonds is 2. The van der Waals surface area contributed by atoms with E-state index in [0.717, 1.165) is 18.8 Å². The molecule has 0 aliphatic carbocycles. The Kier molecular flexibility index (Phi) is 1.80. The molecule has 2 heterocycles. The Morgan fingerprint density at radius 3 is 2.77 bits per heavy atom. The zero-order valence-corrected chi connectivity index (χ0v) is 8.20. The number of aryl methyl sites for hydroxylation is 1. The number of anilines is 1. The van der Waals surface area contributed by atoms with Crippen LogP contribution in [0.2, 0.25) is 0 Å². The van der Waals surface area contributed by atoms with Crippen LogP contribution in [0.1, 0.15) is 12.6 Å². The summed E-state index contributed by atoms with van der Waals surface area (Å²) in [5, 5.41) is 0. The Morgan fingerprint density at radius 1 is 1.62 bits per heavy atom. The van der Waals surface area contributed by atoms with Crippen LogP contribution in [0, 0.1) is 6.92 Å². The summed E-state index contributed by atoms with van der Waals surface area (Å²) in [7, 11) is 1.73. The zero-order valence-electron chi connectivity index (χ0n) is 8.20. The molecule has 1 aliphatic rings. The number of methoxy groups -OCH3 is 1. The van der Waals surface area contributed by atoms with E-state index in [2.05, 4.69) is 16.8 Å². The van der Waals surface area contributed by atoms with Crippen molar-refractivity contribution >= 4 is 6.01 Å². The molecular formula is C9H14N2O2. The van der Waals surface area contributed by atoms with E-state index in [1.54, 1.807) is 13.4 Å². The summed E-state index contributed by atoms with van der Waals surface area (Å²) >= 11 is 0. The lowest BCUT2D eigenvalue weighted by atomic mass is 9.97. The van der Waals surface area contributed by atoms with Crippen LogP contribution in [-0.2, 0) is 4.74 Å². The van der Waals surface area contributed by atoms with E-state index in [1.807, 2.05) is 6.92 Å². The largest absolute Gasteiger partial charge is 0.432 e. The first-order chi connectivity index (χ1) is 6.13. The van der Waals surface area contributed by atoms with Crippen LogP contribution in [-0.4, -0.2) is 30.8 Å². The third kappa shape index (κ3) is 1.42. The van der Waals surface area contributed by atoms with E-state index in [-0.39, 0.29) is 5.60 Å². The Bertz CT molecular complexity index is 302. The smallest absolute Gasteiger partial charge is 0.297 e. The van der Waals surface area contributed by atoms with E-state index in [1.165, 1.54) is 0 Å². The van der Waals surface area contributed by atoms with Crippen molar-refractivity contribution in [2.75, 3.05) is 25.1 Å². The molecular weight excluding hydrogens is 168 g/mol. The Labute approximate surface area is 77.5 Å². The van der Waals surface area contributed by atoms with Gasteiger partial charge in [-0.1, -0.05) is 0 Å². The predicted octanol–water partition coefficient (Wildman–Crippen LogP) is 1.21. The normalized spacial score (nSPS) is 20.1. The number of ether oxygens (including phenoxy) is 1. The summed E-state index contributed by atoms with van der Waals surface area (Å²) < 4.78 is 10.6. The lowest BCUT2D eigenvalue weighted by Crippen LogP contribution is -2.61. The fraction of sp³-hybridized carbons (Fsp3) is 0.667. The van der Waals surface area contributed by atoms with Crippen LogP contribution in [0.4, 0.5) is 6.01 Å². The highest BCUT2D eigenvalue weighted by molar-refractivity contribution is 5.34. The average molecular weight is 182 g/mol. The maximum atomic E-state index is 5.32. The Morgan fingerprint density at radius 2 is 2.31 bits per heavy atom. The first-order valence-corrected chi connectivity index (χ1v) is 4.35. The van der Waals surface area contributed by atoms with Crippen molar-refractivity contribution < 1.29 is 9.15 Å². The SMILES string of the molecule is COC1(C)CN(c2nc(C)co2)C1. The van der Waals surface area contributed by atoms with Crippen molar-refractivity contribution in [2.24, 2.45) is 0 Å². The van der Waals surface area contributed by atoms with E-state index >= 15 is 0 Å². The second-order valence-corrected chi connectivity index (χ2v) is 3.78. The molecule has 1 aromatic rings. The minimum absolute atomic E-state index is 0.0254. The highest BCUT2D eigenvalue weighted by atomic mass is 16.5. The van der Waals surface area contributed by atoms with Gasteiger partial charge in [-0.05, 0) is 13.8 Å². The molecule has 1 fully saturated rings. The highest BCUT2D eigenvalue weighted by Gasteiger charge is 2.40.